The standard InChI is InChI=1S/C27H26ClN3O3S/c1-3-27(21-12-14-22(28)15-13-21,26(32)29-18-16-20-8-5-4-6-9-20)31-19-17-23-24(30-35(2,33)34)10-7-11-25(23)31/h4-19,30H,3H2,1-2H3,(H,29,32). The summed E-state index contributed by atoms with van der Waals surface area (Å²) in [5.41, 5.74) is 1.78. The lowest BCUT2D eigenvalue weighted by Crippen LogP contribution is -2.47. The van der Waals surface area contributed by atoms with Crippen molar-refractivity contribution in [3.63, 3.8) is 0 Å². The summed E-state index contributed by atoms with van der Waals surface area (Å²) in [6, 6.07) is 24.1. The second-order valence-electron chi connectivity index (χ2n) is 8.24. The summed E-state index contributed by atoms with van der Waals surface area (Å²) in [4.78, 5) is 13.9. The maximum Gasteiger partial charge on any atom is 0.254 e. The number of aromatic nitrogens is 1. The maximum absolute atomic E-state index is 13.9. The number of nitrogens with zero attached hydrogens (tertiary/aromatic N) is 1. The lowest BCUT2D eigenvalue weighted by atomic mass is 9.85. The quantitative estimate of drug-likeness (QED) is 0.325. The summed E-state index contributed by atoms with van der Waals surface area (Å²) in [5, 5.41) is 4.22. The summed E-state index contributed by atoms with van der Waals surface area (Å²) in [5.74, 6) is -0.228. The van der Waals surface area contributed by atoms with Gasteiger partial charge in [0.1, 0.15) is 5.54 Å². The number of halogens is 1. The molecule has 0 aliphatic rings. The van der Waals surface area contributed by atoms with Crippen molar-refractivity contribution >= 4 is 50.2 Å². The minimum Gasteiger partial charge on any atom is -0.330 e. The molecule has 0 saturated carbocycles. The van der Waals surface area contributed by atoms with E-state index < -0.39 is 15.6 Å². The molecule has 0 fully saturated rings. The van der Waals surface area contributed by atoms with Gasteiger partial charge in [0.05, 0.1) is 17.5 Å². The van der Waals surface area contributed by atoms with Crippen LogP contribution in [0.15, 0.2) is 91.3 Å². The zero-order valence-corrected chi connectivity index (χ0v) is 21.0. The van der Waals surface area contributed by atoms with E-state index in [0.29, 0.717) is 22.5 Å². The number of rotatable bonds is 8. The highest BCUT2D eigenvalue weighted by atomic mass is 35.5. The van der Waals surface area contributed by atoms with Crippen LogP contribution in [0, 0.1) is 0 Å². The molecule has 0 saturated heterocycles. The Morgan fingerprint density at radius 1 is 1.00 bits per heavy atom. The molecule has 1 aromatic heterocycles. The summed E-state index contributed by atoms with van der Waals surface area (Å²) in [7, 11) is -3.47. The van der Waals surface area contributed by atoms with Gasteiger partial charge in [-0.05, 0) is 54.0 Å². The van der Waals surface area contributed by atoms with Gasteiger partial charge in [0.25, 0.3) is 5.91 Å². The first-order chi connectivity index (χ1) is 16.7. The number of fused-ring (bicyclic) bond motifs is 1. The molecular weight excluding hydrogens is 482 g/mol. The Balaban J connectivity index is 1.84. The van der Waals surface area contributed by atoms with Crippen LogP contribution in [-0.4, -0.2) is 25.1 Å². The topological polar surface area (TPSA) is 80.2 Å². The first-order valence-corrected chi connectivity index (χ1v) is 13.4. The Morgan fingerprint density at radius 2 is 1.71 bits per heavy atom. The molecule has 8 heteroatoms. The molecule has 4 rings (SSSR count). The normalized spacial score (nSPS) is 13.6. The second-order valence-corrected chi connectivity index (χ2v) is 10.4. The van der Waals surface area contributed by atoms with Crippen LogP contribution in [0.25, 0.3) is 17.0 Å². The second kappa shape index (κ2) is 9.98. The van der Waals surface area contributed by atoms with Gasteiger partial charge in [0, 0.05) is 22.8 Å². The van der Waals surface area contributed by atoms with Crippen molar-refractivity contribution in [3.05, 3.63) is 107 Å². The van der Waals surface area contributed by atoms with Gasteiger partial charge in [0.15, 0.2) is 0 Å². The molecule has 1 unspecified atom stereocenters. The molecule has 4 aromatic rings. The van der Waals surface area contributed by atoms with Crippen LogP contribution in [0.2, 0.25) is 5.02 Å². The molecule has 0 radical (unpaired) electrons. The largest absolute Gasteiger partial charge is 0.330 e. The van der Waals surface area contributed by atoms with Crippen LogP contribution < -0.4 is 10.0 Å². The molecule has 1 heterocycles. The lowest BCUT2D eigenvalue weighted by Gasteiger charge is -2.34. The molecule has 35 heavy (non-hydrogen) atoms. The summed E-state index contributed by atoms with van der Waals surface area (Å²) in [6.07, 6.45) is 6.84. The van der Waals surface area contributed by atoms with Gasteiger partial charge in [-0.15, -0.1) is 0 Å². The molecule has 3 aromatic carbocycles. The summed E-state index contributed by atoms with van der Waals surface area (Å²) < 4.78 is 28.3. The molecule has 2 N–H and O–H groups in total. The average molecular weight is 508 g/mol. The summed E-state index contributed by atoms with van der Waals surface area (Å²) >= 11 is 6.15. The minimum atomic E-state index is -3.47. The Kier molecular flexibility index (Phi) is 7.00. The van der Waals surface area contributed by atoms with Gasteiger partial charge in [0.2, 0.25) is 10.0 Å². The van der Waals surface area contributed by atoms with Crippen molar-refractivity contribution in [2.45, 2.75) is 18.9 Å². The van der Waals surface area contributed by atoms with Gasteiger partial charge >= 0.3 is 0 Å². The van der Waals surface area contributed by atoms with E-state index in [4.69, 9.17) is 11.6 Å². The van der Waals surface area contributed by atoms with Gasteiger partial charge in [-0.1, -0.05) is 67.1 Å². The number of nitrogens with one attached hydrogen (secondary N) is 2. The molecule has 0 spiro atoms. The Bertz CT molecular complexity index is 1480. The van der Waals surface area contributed by atoms with E-state index in [1.807, 2.05) is 78.4 Å². The van der Waals surface area contributed by atoms with Crippen molar-refractivity contribution in [3.8, 4) is 0 Å². The zero-order valence-electron chi connectivity index (χ0n) is 19.4. The van der Waals surface area contributed by atoms with E-state index in [2.05, 4.69) is 10.0 Å². The molecule has 1 amide bonds. The molecule has 0 bridgehead atoms. The Hall–Kier alpha value is -3.55. The Morgan fingerprint density at radius 3 is 2.37 bits per heavy atom. The van der Waals surface area contributed by atoms with Gasteiger partial charge in [-0.25, -0.2) is 8.42 Å². The molecule has 180 valence electrons. The van der Waals surface area contributed by atoms with Gasteiger partial charge in [-0.2, -0.15) is 0 Å². The molecule has 0 aliphatic carbocycles. The average Bonchev–Trinajstić information content (AvgIpc) is 3.26. The molecular formula is C27H26ClN3O3S. The fourth-order valence-corrected chi connectivity index (χ4v) is 5.03. The van der Waals surface area contributed by atoms with Crippen LogP contribution in [0.4, 0.5) is 5.69 Å². The zero-order chi connectivity index (χ0) is 25.1. The highest BCUT2D eigenvalue weighted by molar-refractivity contribution is 7.92. The van der Waals surface area contributed by atoms with E-state index >= 15 is 0 Å². The SMILES string of the molecule is CCC(C(=O)NC=Cc1ccccc1)(c1ccc(Cl)cc1)n1ccc2c(NS(C)(=O)=O)cccc21. The predicted molar refractivity (Wildman–Crippen MR) is 143 cm³/mol. The van der Waals surface area contributed by atoms with Crippen LogP contribution in [0.3, 0.4) is 0 Å². The van der Waals surface area contributed by atoms with E-state index in [9.17, 15) is 13.2 Å². The third-order valence-corrected chi connectivity index (χ3v) is 6.78. The van der Waals surface area contributed by atoms with E-state index in [1.165, 1.54) is 0 Å². The van der Waals surface area contributed by atoms with Crippen molar-refractivity contribution in [1.82, 2.24) is 9.88 Å². The van der Waals surface area contributed by atoms with E-state index in [0.717, 1.165) is 22.9 Å². The minimum absolute atomic E-state index is 0.228. The van der Waals surface area contributed by atoms with Gasteiger partial charge in [-0.3, -0.25) is 9.52 Å². The Labute approximate surface area is 210 Å². The monoisotopic (exact) mass is 507 g/mol. The molecule has 0 aliphatic heterocycles. The number of hydrogen-bond acceptors (Lipinski definition) is 3. The third-order valence-electron chi connectivity index (χ3n) is 5.94. The number of sulfonamides is 1. The van der Waals surface area contributed by atoms with Gasteiger partial charge < -0.3 is 9.88 Å². The third kappa shape index (κ3) is 5.11. The lowest BCUT2D eigenvalue weighted by molar-refractivity contribution is -0.127. The summed E-state index contributed by atoms with van der Waals surface area (Å²) in [6.45, 7) is 1.94. The van der Waals surface area contributed by atoms with Crippen LogP contribution >= 0.6 is 11.6 Å². The van der Waals surface area contributed by atoms with Crippen LogP contribution in [0.5, 0.6) is 0 Å². The number of carbonyl (C=O) groups excluding carboxylic acids is 1. The van der Waals surface area contributed by atoms with E-state index in [1.54, 1.807) is 30.5 Å². The number of anilines is 1. The van der Waals surface area contributed by atoms with Crippen LogP contribution in [0.1, 0.15) is 24.5 Å². The van der Waals surface area contributed by atoms with E-state index in [-0.39, 0.29) is 5.91 Å². The fraction of sp³-hybridized carbons (Fsp3) is 0.148. The molecule has 6 nitrogen and oxygen atoms in total. The number of hydrogen-bond donors (Lipinski definition) is 2. The van der Waals surface area contributed by atoms with Crippen molar-refractivity contribution in [2.24, 2.45) is 0 Å². The molecule has 1 atom stereocenters. The fourth-order valence-electron chi connectivity index (χ4n) is 4.33. The maximum atomic E-state index is 13.9. The number of amides is 1. The highest BCUT2D eigenvalue weighted by Crippen LogP contribution is 2.37. The first-order valence-electron chi connectivity index (χ1n) is 11.1. The van der Waals surface area contributed by atoms with Crippen molar-refractivity contribution < 1.29 is 13.2 Å². The van der Waals surface area contributed by atoms with Crippen molar-refractivity contribution in [2.75, 3.05) is 11.0 Å². The van der Waals surface area contributed by atoms with Crippen molar-refractivity contribution in [1.29, 1.82) is 0 Å². The first kappa shape index (κ1) is 24.6. The number of carbonyl (C=O) groups is 1. The van der Waals surface area contributed by atoms with Crippen LogP contribution in [-0.2, 0) is 20.4 Å². The number of benzene rings is 3. The highest BCUT2D eigenvalue weighted by Gasteiger charge is 2.41. The predicted octanol–water partition coefficient (Wildman–Crippen LogP) is 5.61. The smallest absolute Gasteiger partial charge is 0.254 e.